The predicted molar refractivity (Wildman–Crippen MR) is 77.7 cm³/mol. The van der Waals surface area contributed by atoms with Gasteiger partial charge in [-0.15, -0.1) is 0 Å². The average Bonchev–Trinajstić information content (AvgIpc) is 2.70. The summed E-state index contributed by atoms with van der Waals surface area (Å²) in [5.41, 5.74) is 4.54. The number of aryl methyl sites for hydroxylation is 2. The van der Waals surface area contributed by atoms with E-state index in [2.05, 4.69) is 10.5 Å². The zero-order valence-corrected chi connectivity index (χ0v) is 12.6. The molecule has 0 bridgehead atoms. The maximum Gasteiger partial charge on any atom is 0.126 e. The van der Waals surface area contributed by atoms with Crippen molar-refractivity contribution in [1.29, 1.82) is 0 Å². The number of rotatable bonds is 5. The highest BCUT2D eigenvalue weighted by Gasteiger charge is 2.19. The standard InChI is InChI=1S/C14H17ClF2N4/c1-3-11-14(15)13(21(2)20-11)7-12(19-18)8-4-9(16)6-10(17)5-8/h4-6,12,19H,3,7,18H2,1-2H3. The Morgan fingerprint density at radius 2 is 1.95 bits per heavy atom. The molecular formula is C14H17ClF2N4. The van der Waals surface area contributed by atoms with Crippen LogP contribution in [-0.2, 0) is 19.9 Å². The average molecular weight is 315 g/mol. The Balaban J connectivity index is 2.33. The molecule has 1 atom stereocenters. The molecule has 0 saturated heterocycles. The highest BCUT2D eigenvalue weighted by molar-refractivity contribution is 6.31. The highest BCUT2D eigenvalue weighted by Crippen LogP contribution is 2.26. The molecule has 0 spiro atoms. The van der Waals surface area contributed by atoms with E-state index >= 15 is 0 Å². The molecule has 1 aromatic heterocycles. The lowest BCUT2D eigenvalue weighted by Gasteiger charge is -2.17. The molecule has 2 rings (SSSR count). The zero-order chi connectivity index (χ0) is 15.6. The van der Waals surface area contributed by atoms with Crippen molar-refractivity contribution >= 4 is 11.6 Å². The second-order valence-electron chi connectivity index (χ2n) is 4.81. The van der Waals surface area contributed by atoms with E-state index in [-0.39, 0.29) is 0 Å². The largest absolute Gasteiger partial charge is 0.271 e. The summed E-state index contributed by atoms with van der Waals surface area (Å²) >= 11 is 6.28. The topological polar surface area (TPSA) is 55.9 Å². The number of nitrogens with one attached hydrogen (secondary N) is 1. The number of halogens is 3. The third-order valence-electron chi connectivity index (χ3n) is 3.39. The maximum atomic E-state index is 13.3. The first-order chi connectivity index (χ1) is 9.96. The lowest BCUT2D eigenvalue weighted by atomic mass is 10.0. The van der Waals surface area contributed by atoms with Gasteiger partial charge in [0.1, 0.15) is 11.6 Å². The summed E-state index contributed by atoms with van der Waals surface area (Å²) in [5.74, 6) is 4.24. The van der Waals surface area contributed by atoms with Gasteiger partial charge in [0.15, 0.2) is 0 Å². The van der Waals surface area contributed by atoms with Crippen LogP contribution in [0, 0.1) is 11.6 Å². The minimum atomic E-state index is -0.643. The van der Waals surface area contributed by atoms with Crippen molar-refractivity contribution in [3.05, 3.63) is 51.8 Å². The van der Waals surface area contributed by atoms with Gasteiger partial charge in [-0.3, -0.25) is 16.0 Å². The molecule has 0 amide bonds. The lowest BCUT2D eigenvalue weighted by Crippen LogP contribution is -2.30. The van der Waals surface area contributed by atoms with Gasteiger partial charge in [0.25, 0.3) is 0 Å². The first-order valence-electron chi connectivity index (χ1n) is 6.58. The highest BCUT2D eigenvalue weighted by atomic mass is 35.5. The van der Waals surface area contributed by atoms with E-state index in [0.29, 0.717) is 23.4 Å². The van der Waals surface area contributed by atoms with E-state index in [0.717, 1.165) is 17.5 Å². The van der Waals surface area contributed by atoms with Gasteiger partial charge in [-0.25, -0.2) is 8.78 Å². The molecule has 1 aromatic carbocycles. The lowest BCUT2D eigenvalue weighted by molar-refractivity contribution is 0.515. The molecule has 4 nitrogen and oxygen atoms in total. The van der Waals surface area contributed by atoms with Crippen LogP contribution >= 0.6 is 11.6 Å². The van der Waals surface area contributed by atoms with Crippen LogP contribution in [0.1, 0.15) is 29.9 Å². The van der Waals surface area contributed by atoms with Gasteiger partial charge in [0.05, 0.1) is 22.5 Å². The molecule has 21 heavy (non-hydrogen) atoms. The Kier molecular flexibility index (Phi) is 4.92. The fourth-order valence-electron chi connectivity index (χ4n) is 2.28. The predicted octanol–water partition coefficient (Wildman–Crippen LogP) is 2.66. The molecule has 0 radical (unpaired) electrons. The number of aromatic nitrogens is 2. The van der Waals surface area contributed by atoms with Crippen molar-refractivity contribution in [1.82, 2.24) is 15.2 Å². The van der Waals surface area contributed by atoms with Crippen molar-refractivity contribution in [2.75, 3.05) is 0 Å². The molecule has 2 aromatic rings. The molecule has 0 saturated carbocycles. The van der Waals surface area contributed by atoms with Crippen molar-refractivity contribution in [3.8, 4) is 0 Å². The van der Waals surface area contributed by atoms with Crippen molar-refractivity contribution in [2.45, 2.75) is 25.8 Å². The normalized spacial score (nSPS) is 12.7. The summed E-state index contributed by atoms with van der Waals surface area (Å²) in [6.07, 6.45) is 1.09. The van der Waals surface area contributed by atoms with Crippen LogP contribution in [0.25, 0.3) is 0 Å². The van der Waals surface area contributed by atoms with Crippen molar-refractivity contribution in [3.63, 3.8) is 0 Å². The number of nitrogens with two attached hydrogens (primary N) is 1. The van der Waals surface area contributed by atoms with Gasteiger partial charge in [-0.2, -0.15) is 5.10 Å². The summed E-state index contributed by atoms with van der Waals surface area (Å²) in [7, 11) is 1.78. The van der Waals surface area contributed by atoms with E-state index in [1.54, 1.807) is 11.7 Å². The van der Waals surface area contributed by atoms with Gasteiger partial charge in [0, 0.05) is 19.5 Å². The summed E-state index contributed by atoms with van der Waals surface area (Å²) in [4.78, 5) is 0. The van der Waals surface area contributed by atoms with Gasteiger partial charge in [0.2, 0.25) is 0 Å². The monoisotopic (exact) mass is 314 g/mol. The molecular weight excluding hydrogens is 298 g/mol. The summed E-state index contributed by atoms with van der Waals surface area (Å²) in [5, 5.41) is 4.88. The van der Waals surface area contributed by atoms with E-state index in [9.17, 15) is 8.78 Å². The third-order valence-corrected chi connectivity index (χ3v) is 3.83. The number of nitrogens with zero attached hydrogens (tertiary/aromatic N) is 2. The molecule has 1 heterocycles. The first kappa shape index (κ1) is 15.9. The number of hydrogen-bond acceptors (Lipinski definition) is 3. The number of hydrogen-bond donors (Lipinski definition) is 2. The second kappa shape index (κ2) is 6.51. The van der Waals surface area contributed by atoms with Gasteiger partial charge >= 0.3 is 0 Å². The Morgan fingerprint density at radius 3 is 2.43 bits per heavy atom. The Bertz CT molecular complexity index is 622. The Labute approximate surface area is 126 Å². The quantitative estimate of drug-likeness (QED) is 0.659. The molecule has 0 aliphatic heterocycles. The molecule has 7 heteroatoms. The SMILES string of the molecule is CCc1nn(C)c(CC(NN)c2cc(F)cc(F)c2)c1Cl. The third kappa shape index (κ3) is 3.40. The van der Waals surface area contributed by atoms with Crippen LogP contribution in [0.2, 0.25) is 5.02 Å². The number of hydrazine groups is 1. The van der Waals surface area contributed by atoms with Gasteiger partial charge < -0.3 is 0 Å². The Morgan fingerprint density at radius 1 is 1.33 bits per heavy atom. The van der Waals surface area contributed by atoms with E-state index in [1.807, 2.05) is 6.92 Å². The van der Waals surface area contributed by atoms with E-state index in [4.69, 9.17) is 17.4 Å². The van der Waals surface area contributed by atoms with Crippen LogP contribution in [0.15, 0.2) is 18.2 Å². The fourth-order valence-corrected chi connectivity index (χ4v) is 2.66. The van der Waals surface area contributed by atoms with Crippen molar-refractivity contribution in [2.24, 2.45) is 12.9 Å². The van der Waals surface area contributed by atoms with Crippen LogP contribution in [-0.4, -0.2) is 9.78 Å². The molecule has 0 aliphatic rings. The molecule has 1 unspecified atom stereocenters. The summed E-state index contributed by atoms with van der Waals surface area (Å²) in [6.45, 7) is 1.96. The van der Waals surface area contributed by atoms with E-state index in [1.165, 1.54) is 12.1 Å². The minimum Gasteiger partial charge on any atom is -0.271 e. The minimum absolute atomic E-state index is 0.377. The van der Waals surface area contributed by atoms with Crippen LogP contribution in [0.4, 0.5) is 8.78 Å². The van der Waals surface area contributed by atoms with E-state index < -0.39 is 17.7 Å². The zero-order valence-electron chi connectivity index (χ0n) is 11.8. The second-order valence-corrected chi connectivity index (χ2v) is 5.19. The van der Waals surface area contributed by atoms with Gasteiger partial charge in [-0.05, 0) is 24.1 Å². The molecule has 3 N–H and O–H groups in total. The molecule has 0 aliphatic carbocycles. The Hall–Kier alpha value is -1.50. The molecule has 114 valence electrons. The summed E-state index contributed by atoms with van der Waals surface area (Å²) < 4.78 is 28.3. The number of benzene rings is 1. The first-order valence-corrected chi connectivity index (χ1v) is 6.96. The summed E-state index contributed by atoms with van der Waals surface area (Å²) in [6, 6.07) is 2.85. The van der Waals surface area contributed by atoms with Crippen LogP contribution in [0.3, 0.4) is 0 Å². The maximum absolute atomic E-state index is 13.3. The fraction of sp³-hybridized carbons (Fsp3) is 0.357. The van der Waals surface area contributed by atoms with Gasteiger partial charge in [-0.1, -0.05) is 18.5 Å². The van der Waals surface area contributed by atoms with Crippen molar-refractivity contribution < 1.29 is 8.78 Å². The van der Waals surface area contributed by atoms with Crippen LogP contribution in [0.5, 0.6) is 0 Å². The molecule has 0 fully saturated rings. The smallest absolute Gasteiger partial charge is 0.126 e. The van der Waals surface area contributed by atoms with Crippen LogP contribution < -0.4 is 11.3 Å².